The van der Waals surface area contributed by atoms with Crippen LogP contribution in [0.5, 0.6) is 11.5 Å². The summed E-state index contributed by atoms with van der Waals surface area (Å²) in [6, 6.07) is 13.9. The number of halogens is 1. The van der Waals surface area contributed by atoms with Crippen molar-refractivity contribution in [3.8, 4) is 11.5 Å². The third-order valence-corrected chi connectivity index (χ3v) is 7.57. The zero-order chi connectivity index (χ0) is 18.9. The van der Waals surface area contributed by atoms with Gasteiger partial charge in [0.15, 0.2) is 0 Å². The van der Waals surface area contributed by atoms with Crippen molar-refractivity contribution in [2.45, 2.75) is 57.8 Å². The number of ether oxygens (including phenoxy) is 1. The zero-order valence-corrected chi connectivity index (χ0v) is 17.0. The van der Waals surface area contributed by atoms with Crippen molar-refractivity contribution < 1.29 is 4.74 Å². The van der Waals surface area contributed by atoms with Gasteiger partial charge >= 0.3 is 0 Å². The Kier molecular flexibility index (Phi) is 3.66. The molecule has 0 saturated heterocycles. The molecule has 4 aliphatic rings. The standard InChI is InChI=1S/C24H28ClNO/c1-22-10-16-11-23(2,13-22)15-24(12-16,14-22)17-3-8-21(20(25)9-17)27-19-6-4-18(26)5-7-19/h3-9,16H,10-15,26H2,1-2H3. The van der Waals surface area contributed by atoms with Crippen LogP contribution in [-0.2, 0) is 5.41 Å². The van der Waals surface area contributed by atoms with Crippen molar-refractivity contribution in [1.29, 1.82) is 0 Å². The quantitative estimate of drug-likeness (QED) is 0.583. The predicted octanol–water partition coefficient (Wildman–Crippen LogP) is 6.96. The minimum atomic E-state index is 0.298. The SMILES string of the molecule is CC12CC3CC(C)(C1)CC(c1ccc(Oc4ccc(N)cc4)c(Cl)c1)(C3)C2. The van der Waals surface area contributed by atoms with Crippen molar-refractivity contribution in [1.82, 2.24) is 0 Å². The van der Waals surface area contributed by atoms with Gasteiger partial charge in [-0.2, -0.15) is 0 Å². The number of nitrogens with two attached hydrogens (primary N) is 1. The van der Waals surface area contributed by atoms with Gasteiger partial charge in [-0.05, 0) is 103 Å². The summed E-state index contributed by atoms with van der Waals surface area (Å²) in [5.41, 5.74) is 9.20. The fourth-order valence-electron chi connectivity index (χ4n) is 7.35. The van der Waals surface area contributed by atoms with Gasteiger partial charge in [0.1, 0.15) is 11.5 Å². The first-order valence-corrected chi connectivity index (χ1v) is 10.5. The molecule has 2 nitrogen and oxygen atoms in total. The number of rotatable bonds is 3. The molecule has 6 rings (SSSR count). The summed E-state index contributed by atoms with van der Waals surface area (Å²) >= 11 is 6.67. The summed E-state index contributed by atoms with van der Waals surface area (Å²) in [6.07, 6.45) is 8.16. The Morgan fingerprint density at radius 3 is 2.19 bits per heavy atom. The molecule has 142 valence electrons. The number of hydrogen-bond acceptors (Lipinski definition) is 2. The van der Waals surface area contributed by atoms with Crippen molar-refractivity contribution in [3.63, 3.8) is 0 Å². The van der Waals surface area contributed by atoms with Crippen molar-refractivity contribution in [3.05, 3.63) is 53.1 Å². The van der Waals surface area contributed by atoms with Crippen LogP contribution in [0.25, 0.3) is 0 Å². The second kappa shape index (κ2) is 5.67. The maximum absolute atomic E-state index is 6.67. The van der Waals surface area contributed by atoms with E-state index in [1.54, 1.807) is 0 Å². The molecular formula is C24H28ClNO. The van der Waals surface area contributed by atoms with Crippen LogP contribution < -0.4 is 10.5 Å². The highest BCUT2D eigenvalue weighted by Gasteiger charge is 2.60. The van der Waals surface area contributed by atoms with Gasteiger partial charge in [0.25, 0.3) is 0 Å². The van der Waals surface area contributed by atoms with E-state index in [-0.39, 0.29) is 0 Å². The molecule has 0 spiro atoms. The molecule has 2 aromatic carbocycles. The lowest BCUT2D eigenvalue weighted by atomic mass is 9.39. The van der Waals surface area contributed by atoms with Crippen LogP contribution in [0.2, 0.25) is 5.02 Å². The molecule has 0 amide bonds. The summed E-state index contributed by atoms with van der Waals surface area (Å²) in [5.74, 6) is 2.35. The van der Waals surface area contributed by atoms with E-state index in [0.29, 0.717) is 27.0 Å². The van der Waals surface area contributed by atoms with Crippen LogP contribution in [-0.4, -0.2) is 0 Å². The molecule has 0 aromatic heterocycles. The van der Waals surface area contributed by atoms with E-state index in [2.05, 4.69) is 32.0 Å². The van der Waals surface area contributed by atoms with Gasteiger partial charge in [-0.15, -0.1) is 0 Å². The summed E-state index contributed by atoms with van der Waals surface area (Å²) in [4.78, 5) is 0. The maximum atomic E-state index is 6.67. The Morgan fingerprint density at radius 2 is 1.59 bits per heavy atom. The van der Waals surface area contributed by atoms with Crippen LogP contribution in [0.4, 0.5) is 5.69 Å². The van der Waals surface area contributed by atoms with E-state index in [4.69, 9.17) is 22.1 Å². The highest BCUT2D eigenvalue weighted by molar-refractivity contribution is 6.32. The van der Waals surface area contributed by atoms with Crippen LogP contribution in [0.1, 0.15) is 57.9 Å². The highest BCUT2D eigenvalue weighted by atomic mass is 35.5. The second-order valence-electron chi connectivity index (χ2n) is 10.2. The minimum absolute atomic E-state index is 0.298. The van der Waals surface area contributed by atoms with Gasteiger partial charge in [0.2, 0.25) is 0 Å². The fraction of sp³-hybridized carbons (Fsp3) is 0.500. The van der Waals surface area contributed by atoms with E-state index in [9.17, 15) is 0 Å². The number of nitrogen functional groups attached to an aromatic ring is 1. The zero-order valence-electron chi connectivity index (χ0n) is 16.2. The van der Waals surface area contributed by atoms with E-state index < -0.39 is 0 Å². The van der Waals surface area contributed by atoms with Gasteiger partial charge < -0.3 is 10.5 Å². The van der Waals surface area contributed by atoms with Gasteiger partial charge in [0, 0.05) is 5.69 Å². The fourth-order valence-corrected chi connectivity index (χ4v) is 7.57. The molecule has 0 radical (unpaired) electrons. The Balaban J connectivity index is 1.46. The molecule has 4 aliphatic carbocycles. The number of hydrogen-bond donors (Lipinski definition) is 1. The van der Waals surface area contributed by atoms with Crippen LogP contribution in [0.3, 0.4) is 0 Å². The molecule has 3 heteroatoms. The lowest BCUT2D eigenvalue weighted by Gasteiger charge is -2.65. The monoisotopic (exact) mass is 381 g/mol. The summed E-state index contributed by atoms with van der Waals surface area (Å²) in [7, 11) is 0. The Bertz CT molecular complexity index is 872. The third kappa shape index (κ3) is 2.93. The summed E-state index contributed by atoms with van der Waals surface area (Å²) in [5, 5.41) is 0.704. The number of anilines is 1. The molecule has 27 heavy (non-hydrogen) atoms. The van der Waals surface area contributed by atoms with Gasteiger partial charge in [-0.1, -0.05) is 31.5 Å². The predicted molar refractivity (Wildman–Crippen MR) is 111 cm³/mol. The molecule has 4 saturated carbocycles. The van der Waals surface area contributed by atoms with Crippen molar-refractivity contribution in [2.24, 2.45) is 16.7 Å². The Labute approximate surface area is 167 Å². The Morgan fingerprint density at radius 1 is 0.926 bits per heavy atom. The highest BCUT2D eigenvalue weighted by Crippen LogP contribution is 2.70. The molecule has 2 N–H and O–H groups in total. The van der Waals surface area contributed by atoms with Crippen LogP contribution in [0.15, 0.2) is 42.5 Å². The second-order valence-corrected chi connectivity index (χ2v) is 10.6. The third-order valence-electron chi connectivity index (χ3n) is 7.28. The van der Waals surface area contributed by atoms with E-state index in [1.807, 2.05) is 24.3 Å². The van der Waals surface area contributed by atoms with Crippen LogP contribution >= 0.6 is 11.6 Å². The first kappa shape index (κ1) is 17.4. The molecule has 4 bridgehead atoms. The van der Waals surface area contributed by atoms with Crippen molar-refractivity contribution >= 4 is 17.3 Å². The van der Waals surface area contributed by atoms with Crippen LogP contribution in [0, 0.1) is 16.7 Å². The van der Waals surface area contributed by atoms with Gasteiger partial charge in [-0.25, -0.2) is 0 Å². The topological polar surface area (TPSA) is 35.2 Å². The average molecular weight is 382 g/mol. The van der Waals surface area contributed by atoms with Gasteiger partial charge in [-0.3, -0.25) is 0 Å². The lowest BCUT2D eigenvalue weighted by Crippen LogP contribution is -2.56. The largest absolute Gasteiger partial charge is 0.456 e. The van der Waals surface area contributed by atoms with E-state index >= 15 is 0 Å². The lowest BCUT2D eigenvalue weighted by molar-refractivity contribution is -0.110. The maximum Gasteiger partial charge on any atom is 0.146 e. The van der Waals surface area contributed by atoms with Gasteiger partial charge in [0.05, 0.1) is 5.02 Å². The summed E-state index contributed by atoms with van der Waals surface area (Å²) in [6.45, 7) is 5.04. The molecule has 0 heterocycles. The first-order valence-electron chi connectivity index (χ1n) is 10.1. The van der Waals surface area contributed by atoms with E-state index in [1.165, 1.54) is 44.1 Å². The molecule has 2 aromatic rings. The van der Waals surface area contributed by atoms with Crippen molar-refractivity contribution in [2.75, 3.05) is 5.73 Å². The molecule has 4 fully saturated rings. The Hall–Kier alpha value is -1.67. The normalized spacial score (nSPS) is 36.8. The molecule has 2 unspecified atom stereocenters. The smallest absolute Gasteiger partial charge is 0.146 e. The molecule has 2 atom stereocenters. The van der Waals surface area contributed by atoms with E-state index in [0.717, 1.165) is 17.4 Å². The molecule has 0 aliphatic heterocycles. The average Bonchev–Trinajstić information content (AvgIpc) is 2.55. The minimum Gasteiger partial charge on any atom is -0.456 e. The number of benzene rings is 2. The summed E-state index contributed by atoms with van der Waals surface area (Å²) < 4.78 is 5.99. The molecular weight excluding hydrogens is 354 g/mol. The first-order chi connectivity index (χ1) is 12.8.